The molecule has 0 saturated heterocycles. The molecule has 0 aliphatic carbocycles. The van der Waals surface area contributed by atoms with E-state index >= 15 is 0 Å². The summed E-state index contributed by atoms with van der Waals surface area (Å²) in [5.74, 6) is 0.525. The van der Waals surface area contributed by atoms with Crippen molar-refractivity contribution in [3.05, 3.63) is 89.7 Å². The first-order chi connectivity index (χ1) is 15.0. The summed E-state index contributed by atoms with van der Waals surface area (Å²) in [4.78, 5) is 30.4. The van der Waals surface area contributed by atoms with E-state index < -0.39 is 0 Å². The van der Waals surface area contributed by atoms with E-state index in [4.69, 9.17) is 10.5 Å². The SMILES string of the molecule is COc1ccc(CC(=O)N(C)CC(N)c2ccc(C(=O)Nc3ccncc3)cc2)cc1. The minimum absolute atomic E-state index is 0.0195. The molecule has 1 unspecified atom stereocenters. The Hall–Kier alpha value is -3.71. The second-order valence-electron chi connectivity index (χ2n) is 7.22. The maximum absolute atomic E-state index is 12.5. The van der Waals surface area contributed by atoms with Crippen LogP contribution in [0, 0.1) is 0 Å². The minimum Gasteiger partial charge on any atom is -0.497 e. The van der Waals surface area contributed by atoms with Gasteiger partial charge in [-0.25, -0.2) is 0 Å². The largest absolute Gasteiger partial charge is 0.497 e. The van der Waals surface area contributed by atoms with Crippen LogP contribution in [-0.4, -0.2) is 42.4 Å². The fourth-order valence-electron chi connectivity index (χ4n) is 3.08. The predicted molar refractivity (Wildman–Crippen MR) is 120 cm³/mol. The quantitative estimate of drug-likeness (QED) is 0.586. The van der Waals surface area contributed by atoms with Gasteiger partial charge in [0.2, 0.25) is 5.91 Å². The van der Waals surface area contributed by atoms with Gasteiger partial charge in [-0.2, -0.15) is 0 Å². The highest BCUT2D eigenvalue weighted by atomic mass is 16.5. The van der Waals surface area contributed by atoms with E-state index in [1.165, 1.54) is 0 Å². The van der Waals surface area contributed by atoms with Gasteiger partial charge in [-0.15, -0.1) is 0 Å². The summed E-state index contributed by atoms with van der Waals surface area (Å²) < 4.78 is 5.14. The van der Waals surface area contributed by atoms with Crippen molar-refractivity contribution in [1.82, 2.24) is 9.88 Å². The average molecular weight is 418 g/mol. The first kappa shape index (κ1) is 22.0. The van der Waals surface area contributed by atoms with Crippen LogP contribution in [0.5, 0.6) is 5.75 Å². The van der Waals surface area contributed by atoms with Crippen molar-refractivity contribution in [3.63, 3.8) is 0 Å². The van der Waals surface area contributed by atoms with Crippen molar-refractivity contribution in [2.24, 2.45) is 5.73 Å². The molecule has 0 bridgehead atoms. The number of carbonyl (C=O) groups excluding carboxylic acids is 2. The lowest BCUT2D eigenvalue weighted by atomic mass is 10.0. The number of methoxy groups -OCH3 is 1. The number of hydrogen-bond donors (Lipinski definition) is 2. The minimum atomic E-state index is -0.359. The molecule has 0 saturated carbocycles. The number of pyridine rings is 1. The summed E-state index contributed by atoms with van der Waals surface area (Å²) in [7, 11) is 3.34. The predicted octanol–water partition coefficient (Wildman–Crippen LogP) is 3.04. The molecule has 0 fully saturated rings. The summed E-state index contributed by atoms with van der Waals surface area (Å²) in [6.07, 6.45) is 3.52. The monoisotopic (exact) mass is 418 g/mol. The van der Waals surface area contributed by atoms with E-state index in [2.05, 4.69) is 10.3 Å². The number of amides is 2. The number of nitrogens with one attached hydrogen (secondary N) is 1. The molecule has 0 spiro atoms. The van der Waals surface area contributed by atoms with E-state index in [1.807, 2.05) is 36.4 Å². The molecule has 0 aliphatic heterocycles. The van der Waals surface area contributed by atoms with Crippen LogP contribution < -0.4 is 15.8 Å². The Morgan fingerprint density at radius 1 is 1.03 bits per heavy atom. The standard InChI is InChI=1S/C24H26N4O3/c1-28(23(29)15-17-3-9-21(31-2)10-4-17)16-22(25)18-5-7-19(8-6-18)24(30)27-20-11-13-26-14-12-20/h3-14,22H,15-16,25H2,1-2H3,(H,26,27,30). The lowest BCUT2D eigenvalue weighted by molar-refractivity contribution is -0.129. The molecule has 0 radical (unpaired) electrons. The van der Waals surface area contributed by atoms with E-state index in [0.717, 1.165) is 16.9 Å². The van der Waals surface area contributed by atoms with Crippen molar-refractivity contribution in [1.29, 1.82) is 0 Å². The number of nitrogens with zero attached hydrogens (tertiary/aromatic N) is 2. The Morgan fingerprint density at radius 2 is 1.68 bits per heavy atom. The van der Waals surface area contributed by atoms with Crippen molar-refractivity contribution < 1.29 is 14.3 Å². The third-order valence-electron chi connectivity index (χ3n) is 4.95. The van der Waals surface area contributed by atoms with Crippen molar-refractivity contribution in [3.8, 4) is 5.75 Å². The molecule has 3 aromatic rings. The van der Waals surface area contributed by atoms with Gasteiger partial charge in [-0.05, 0) is 47.5 Å². The highest BCUT2D eigenvalue weighted by Crippen LogP contribution is 2.16. The summed E-state index contributed by atoms with van der Waals surface area (Å²) in [6.45, 7) is 0.373. The molecule has 7 nitrogen and oxygen atoms in total. The topological polar surface area (TPSA) is 97.5 Å². The summed E-state index contributed by atoms with van der Waals surface area (Å²) >= 11 is 0. The number of nitrogens with two attached hydrogens (primary N) is 1. The van der Waals surface area contributed by atoms with Crippen LogP contribution in [0.1, 0.15) is 27.5 Å². The second kappa shape index (κ2) is 10.4. The molecule has 1 aromatic heterocycles. The van der Waals surface area contributed by atoms with E-state index in [-0.39, 0.29) is 17.9 Å². The zero-order chi connectivity index (χ0) is 22.2. The van der Waals surface area contributed by atoms with Gasteiger partial charge in [0.15, 0.2) is 0 Å². The number of aromatic nitrogens is 1. The van der Waals surface area contributed by atoms with Gasteiger partial charge in [-0.1, -0.05) is 24.3 Å². The van der Waals surface area contributed by atoms with Gasteiger partial charge >= 0.3 is 0 Å². The molecule has 2 amide bonds. The highest BCUT2D eigenvalue weighted by molar-refractivity contribution is 6.04. The molecule has 1 atom stereocenters. The van der Waals surface area contributed by atoms with Gasteiger partial charge < -0.3 is 20.7 Å². The number of rotatable bonds is 8. The third kappa shape index (κ3) is 6.13. The molecule has 160 valence electrons. The first-order valence-electron chi connectivity index (χ1n) is 9.90. The fourth-order valence-corrected chi connectivity index (χ4v) is 3.08. The number of benzene rings is 2. The lowest BCUT2D eigenvalue weighted by Gasteiger charge is -2.22. The Labute approximate surface area is 181 Å². The van der Waals surface area contributed by atoms with Crippen LogP contribution in [-0.2, 0) is 11.2 Å². The van der Waals surface area contributed by atoms with E-state index in [9.17, 15) is 9.59 Å². The van der Waals surface area contributed by atoms with Gasteiger partial charge in [0, 0.05) is 43.3 Å². The van der Waals surface area contributed by atoms with Gasteiger partial charge in [0.25, 0.3) is 5.91 Å². The molecule has 3 N–H and O–H groups in total. The van der Waals surface area contributed by atoms with Crippen LogP contribution in [0.25, 0.3) is 0 Å². The Kier molecular flexibility index (Phi) is 7.35. The van der Waals surface area contributed by atoms with Crippen molar-refractivity contribution >= 4 is 17.5 Å². The van der Waals surface area contributed by atoms with E-state index in [1.54, 1.807) is 55.7 Å². The zero-order valence-corrected chi connectivity index (χ0v) is 17.6. The fraction of sp³-hybridized carbons (Fsp3) is 0.208. The number of likely N-dealkylation sites (N-methyl/N-ethyl adjacent to an activating group) is 1. The van der Waals surface area contributed by atoms with Gasteiger partial charge in [0.1, 0.15) is 5.75 Å². The molecule has 31 heavy (non-hydrogen) atoms. The number of hydrogen-bond acceptors (Lipinski definition) is 5. The molecule has 2 aromatic carbocycles. The number of carbonyl (C=O) groups is 2. The first-order valence-corrected chi connectivity index (χ1v) is 9.90. The van der Waals surface area contributed by atoms with Crippen LogP contribution in [0.4, 0.5) is 5.69 Å². The average Bonchev–Trinajstić information content (AvgIpc) is 2.80. The molecule has 0 aliphatic rings. The van der Waals surface area contributed by atoms with Crippen LogP contribution in [0.15, 0.2) is 73.1 Å². The second-order valence-corrected chi connectivity index (χ2v) is 7.22. The maximum Gasteiger partial charge on any atom is 0.255 e. The number of ether oxygens (including phenoxy) is 1. The smallest absolute Gasteiger partial charge is 0.255 e. The van der Waals surface area contributed by atoms with Gasteiger partial charge in [-0.3, -0.25) is 14.6 Å². The normalized spacial score (nSPS) is 11.5. The highest BCUT2D eigenvalue weighted by Gasteiger charge is 2.15. The van der Waals surface area contributed by atoms with Crippen molar-refractivity contribution in [2.45, 2.75) is 12.5 Å². The van der Waals surface area contributed by atoms with Crippen LogP contribution in [0.2, 0.25) is 0 Å². The summed E-state index contributed by atoms with van der Waals surface area (Å²) in [5.41, 5.74) is 9.26. The Morgan fingerprint density at radius 3 is 2.29 bits per heavy atom. The third-order valence-corrected chi connectivity index (χ3v) is 4.95. The molecule has 7 heteroatoms. The van der Waals surface area contributed by atoms with Crippen molar-refractivity contribution in [2.75, 3.05) is 26.0 Å². The molecular formula is C24H26N4O3. The summed E-state index contributed by atoms with van der Waals surface area (Å²) in [5, 5.41) is 2.81. The molecule has 1 heterocycles. The molecular weight excluding hydrogens is 392 g/mol. The van der Waals surface area contributed by atoms with Crippen LogP contribution in [0.3, 0.4) is 0 Å². The zero-order valence-electron chi connectivity index (χ0n) is 17.6. The lowest BCUT2D eigenvalue weighted by Crippen LogP contribution is -2.35. The maximum atomic E-state index is 12.5. The summed E-state index contributed by atoms with van der Waals surface area (Å²) in [6, 6.07) is 17.6. The van der Waals surface area contributed by atoms with Gasteiger partial charge in [0.05, 0.1) is 13.5 Å². The Bertz CT molecular complexity index is 1010. The van der Waals surface area contributed by atoms with Crippen LogP contribution >= 0.6 is 0 Å². The molecule has 3 rings (SSSR count). The number of anilines is 1. The van der Waals surface area contributed by atoms with E-state index in [0.29, 0.717) is 24.2 Å². The Balaban J connectivity index is 1.54.